The maximum absolute atomic E-state index is 5.57. The second kappa shape index (κ2) is 8.23. The Balaban J connectivity index is 2.31. The first-order valence-electron chi connectivity index (χ1n) is 7.76. The van der Waals surface area contributed by atoms with Gasteiger partial charge in [-0.2, -0.15) is 0 Å². The molecule has 2 aromatic rings. The molecule has 0 radical (unpaired) electrons. The molecular formula is C21H24O2. The molecule has 0 aliphatic carbocycles. The lowest BCUT2D eigenvalue weighted by atomic mass is 10.0. The summed E-state index contributed by atoms with van der Waals surface area (Å²) in [6.07, 6.45) is 5.95. The quantitative estimate of drug-likeness (QED) is 0.505. The fourth-order valence-electron chi connectivity index (χ4n) is 2.44. The van der Waals surface area contributed by atoms with Gasteiger partial charge in [0.15, 0.2) is 0 Å². The Morgan fingerprint density at radius 2 is 1.52 bits per heavy atom. The maximum atomic E-state index is 5.57. The molecule has 0 aliphatic heterocycles. The molecule has 23 heavy (non-hydrogen) atoms. The number of ether oxygens (including phenoxy) is 2. The Kier molecular flexibility index (Phi) is 6.04. The summed E-state index contributed by atoms with van der Waals surface area (Å²) < 4.78 is 11.1. The second-order valence-electron chi connectivity index (χ2n) is 5.61. The van der Waals surface area contributed by atoms with Crippen molar-refractivity contribution in [1.29, 1.82) is 0 Å². The van der Waals surface area contributed by atoms with Gasteiger partial charge in [-0.1, -0.05) is 48.1 Å². The molecule has 0 fully saturated rings. The molecule has 0 aliphatic rings. The summed E-state index contributed by atoms with van der Waals surface area (Å²) in [6, 6.07) is 14.3. The van der Waals surface area contributed by atoms with Crippen molar-refractivity contribution in [3.63, 3.8) is 0 Å². The fourth-order valence-corrected chi connectivity index (χ4v) is 2.44. The molecule has 120 valence electrons. The van der Waals surface area contributed by atoms with Crippen LogP contribution in [0.2, 0.25) is 0 Å². The standard InChI is InChI=1S/C21H24O2/c1-16(2)10-13-19-20(22-3)14-18(15-21(19)23-4)12-11-17-8-6-5-7-9-17/h5-9,11-12,14-15H,1,10,13H2,2-4H3/b12-11+. The van der Waals surface area contributed by atoms with Crippen LogP contribution in [-0.4, -0.2) is 14.2 Å². The van der Waals surface area contributed by atoms with Crippen molar-refractivity contribution in [2.75, 3.05) is 14.2 Å². The van der Waals surface area contributed by atoms with Crippen molar-refractivity contribution in [3.8, 4) is 11.5 Å². The summed E-state index contributed by atoms with van der Waals surface area (Å²) in [6.45, 7) is 6.01. The molecule has 0 saturated heterocycles. The van der Waals surface area contributed by atoms with E-state index < -0.39 is 0 Å². The lowest BCUT2D eigenvalue weighted by molar-refractivity contribution is 0.385. The van der Waals surface area contributed by atoms with Crippen LogP contribution in [0.25, 0.3) is 12.2 Å². The molecule has 0 saturated carbocycles. The predicted molar refractivity (Wildman–Crippen MR) is 98.1 cm³/mol. The molecule has 0 amide bonds. The van der Waals surface area contributed by atoms with Crippen molar-refractivity contribution in [2.45, 2.75) is 19.8 Å². The van der Waals surface area contributed by atoms with E-state index >= 15 is 0 Å². The molecule has 0 unspecified atom stereocenters. The summed E-state index contributed by atoms with van der Waals surface area (Å²) in [5.41, 5.74) is 4.47. The van der Waals surface area contributed by atoms with Crippen LogP contribution in [0.15, 0.2) is 54.6 Å². The number of hydrogen-bond donors (Lipinski definition) is 0. The third-order valence-corrected chi connectivity index (χ3v) is 3.70. The Bertz CT molecular complexity index is 659. The van der Waals surface area contributed by atoms with Gasteiger partial charge in [-0.15, -0.1) is 6.58 Å². The summed E-state index contributed by atoms with van der Waals surface area (Å²) >= 11 is 0. The zero-order valence-corrected chi connectivity index (χ0v) is 14.1. The van der Waals surface area contributed by atoms with Crippen LogP contribution in [0, 0.1) is 0 Å². The van der Waals surface area contributed by atoms with Crippen molar-refractivity contribution < 1.29 is 9.47 Å². The topological polar surface area (TPSA) is 18.5 Å². The first kappa shape index (κ1) is 16.9. The summed E-state index contributed by atoms with van der Waals surface area (Å²) in [4.78, 5) is 0. The fraction of sp³-hybridized carbons (Fsp3) is 0.238. The zero-order valence-electron chi connectivity index (χ0n) is 14.1. The number of benzene rings is 2. The molecule has 0 N–H and O–H groups in total. The molecule has 2 rings (SSSR count). The lowest BCUT2D eigenvalue weighted by Gasteiger charge is -2.14. The van der Waals surface area contributed by atoms with Gasteiger partial charge in [-0.05, 0) is 43.0 Å². The van der Waals surface area contributed by atoms with Gasteiger partial charge in [0.05, 0.1) is 14.2 Å². The van der Waals surface area contributed by atoms with Crippen molar-refractivity contribution in [3.05, 3.63) is 71.3 Å². The third-order valence-electron chi connectivity index (χ3n) is 3.70. The van der Waals surface area contributed by atoms with Crippen molar-refractivity contribution >= 4 is 12.2 Å². The molecule has 2 nitrogen and oxygen atoms in total. The van der Waals surface area contributed by atoms with Crippen LogP contribution in [0.5, 0.6) is 11.5 Å². The highest BCUT2D eigenvalue weighted by Gasteiger charge is 2.11. The molecule has 0 atom stereocenters. The van der Waals surface area contributed by atoms with Crippen molar-refractivity contribution in [2.24, 2.45) is 0 Å². The Hall–Kier alpha value is -2.48. The highest BCUT2D eigenvalue weighted by Crippen LogP contribution is 2.33. The molecule has 2 aromatic carbocycles. The maximum Gasteiger partial charge on any atom is 0.126 e. The summed E-state index contributed by atoms with van der Waals surface area (Å²) in [5, 5.41) is 0. The first-order chi connectivity index (χ1) is 11.1. The summed E-state index contributed by atoms with van der Waals surface area (Å²) in [7, 11) is 3.40. The van der Waals surface area contributed by atoms with Gasteiger partial charge < -0.3 is 9.47 Å². The van der Waals surface area contributed by atoms with Gasteiger partial charge in [0, 0.05) is 5.56 Å². The second-order valence-corrected chi connectivity index (χ2v) is 5.61. The number of rotatable bonds is 7. The summed E-state index contributed by atoms with van der Waals surface area (Å²) in [5.74, 6) is 1.72. The largest absolute Gasteiger partial charge is 0.496 e. The number of allylic oxidation sites excluding steroid dienone is 1. The smallest absolute Gasteiger partial charge is 0.126 e. The molecule has 2 heteroatoms. The normalized spacial score (nSPS) is 10.7. The van der Waals surface area contributed by atoms with E-state index in [1.165, 1.54) is 0 Å². The van der Waals surface area contributed by atoms with Gasteiger partial charge in [0.2, 0.25) is 0 Å². The van der Waals surface area contributed by atoms with Crippen LogP contribution >= 0.6 is 0 Å². The molecule has 0 spiro atoms. The van der Waals surface area contributed by atoms with Crippen LogP contribution < -0.4 is 9.47 Å². The lowest BCUT2D eigenvalue weighted by Crippen LogP contribution is -1.98. The first-order valence-corrected chi connectivity index (χ1v) is 7.76. The van der Waals surface area contributed by atoms with Crippen molar-refractivity contribution in [1.82, 2.24) is 0 Å². The molecule has 0 heterocycles. The Morgan fingerprint density at radius 3 is 2.04 bits per heavy atom. The Morgan fingerprint density at radius 1 is 0.957 bits per heavy atom. The number of hydrogen-bond acceptors (Lipinski definition) is 2. The van der Waals surface area contributed by atoms with E-state index in [0.717, 1.165) is 46.6 Å². The third kappa shape index (κ3) is 4.75. The van der Waals surface area contributed by atoms with E-state index in [1.54, 1.807) is 14.2 Å². The van der Waals surface area contributed by atoms with Gasteiger partial charge in [-0.25, -0.2) is 0 Å². The van der Waals surface area contributed by atoms with E-state index in [1.807, 2.05) is 25.1 Å². The molecular weight excluding hydrogens is 284 g/mol. The number of methoxy groups -OCH3 is 2. The molecule has 0 bridgehead atoms. The van der Waals surface area contributed by atoms with Crippen LogP contribution in [0.3, 0.4) is 0 Å². The zero-order chi connectivity index (χ0) is 16.7. The van der Waals surface area contributed by atoms with E-state index in [2.05, 4.69) is 43.0 Å². The van der Waals surface area contributed by atoms with Gasteiger partial charge in [-0.3, -0.25) is 0 Å². The van der Waals surface area contributed by atoms with E-state index in [9.17, 15) is 0 Å². The van der Waals surface area contributed by atoms with Gasteiger partial charge >= 0.3 is 0 Å². The van der Waals surface area contributed by atoms with Gasteiger partial charge in [0.1, 0.15) is 11.5 Å². The van der Waals surface area contributed by atoms with Crippen LogP contribution in [-0.2, 0) is 6.42 Å². The van der Waals surface area contributed by atoms with Gasteiger partial charge in [0.25, 0.3) is 0 Å². The van der Waals surface area contributed by atoms with E-state index in [0.29, 0.717) is 0 Å². The highest BCUT2D eigenvalue weighted by molar-refractivity contribution is 5.71. The van der Waals surface area contributed by atoms with E-state index in [-0.39, 0.29) is 0 Å². The minimum Gasteiger partial charge on any atom is -0.496 e. The monoisotopic (exact) mass is 308 g/mol. The minimum absolute atomic E-state index is 0.860. The average Bonchev–Trinajstić information content (AvgIpc) is 2.58. The van der Waals surface area contributed by atoms with Crippen LogP contribution in [0.1, 0.15) is 30.0 Å². The molecule has 0 aromatic heterocycles. The minimum atomic E-state index is 0.860. The predicted octanol–water partition coefficient (Wildman–Crippen LogP) is 5.38. The van der Waals surface area contributed by atoms with Crippen LogP contribution in [0.4, 0.5) is 0 Å². The Labute approximate surface area is 139 Å². The van der Waals surface area contributed by atoms with E-state index in [4.69, 9.17) is 9.47 Å². The SMILES string of the molecule is C=C(C)CCc1c(OC)cc(/C=C/c2ccccc2)cc1OC. The highest BCUT2D eigenvalue weighted by atomic mass is 16.5. The average molecular weight is 308 g/mol.